The third-order valence-electron chi connectivity index (χ3n) is 5.40. The van der Waals surface area contributed by atoms with Gasteiger partial charge in [0.1, 0.15) is 0 Å². The molecule has 120 valence electrons. The van der Waals surface area contributed by atoms with Crippen molar-refractivity contribution in [2.75, 3.05) is 46.9 Å². The molecule has 1 spiro atoms. The Kier molecular flexibility index (Phi) is 4.24. The van der Waals surface area contributed by atoms with Crippen LogP contribution in [0.5, 0.6) is 0 Å². The van der Waals surface area contributed by atoms with Crippen molar-refractivity contribution in [2.24, 2.45) is 11.3 Å². The van der Waals surface area contributed by atoms with Gasteiger partial charge in [-0.2, -0.15) is 0 Å². The number of likely N-dealkylation sites (tertiary alicyclic amines) is 2. The summed E-state index contributed by atoms with van der Waals surface area (Å²) in [5.74, 6) is 0.706. The number of rotatable bonds is 3. The number of nitrogens with zero attached hydrogens (tertiary/aromatic N) is 2. The third-order valence-corrected chi connectivity index (χ3v) is 5.40. The minimum absolute atomic E-state index is 0.181. The molecule has 2 fully saturated rings. The summed E-state index contributed by atoms with van der Waals surface area (Å²) < 4.78 is 5.43. The lowest BCUT2D eigenvalue weighted by Gasteiger charge is -2.30. The molecule has 0 unspecified atom stereocenters. The van der Waals surface area contributed by atoms with Gasteiger partial charge in [0.15, 0.2) is 0 Å². The van der Waals surface area contributed by atoms with Crippen LogP contribution in [0.15, 0.2) is 24.3 Å². The molecule has 0 radical (unpaired) electrons. The number of carbonyl (C=O) groups excluding carboxylic acids is 1. The first-order valence-corrected chi connectivity index (χ1v) is 8.08. The normalized spacial score (nSPS) is 28.7. The summed E-state index contributed by atoms with van der Waals surface area (Å²) in [6.07, 6.45) is 1.09. The topological polar surface area (TPSA) is 32.8 Å². The summed E-state index contributed by atoms with van der Waals surface area (Å²) in [7, 11) is 3.94. The van der Waals surface area contributed by atoms with Crippen molar-refractivity contribution >= 4 is 5.91 Å². The molecule has 4 heteroatoms. The molecule has 2 saturated heterocycles. The lowest BCUT2D eigenvalue weighted by molar-refractivity contribution is 0.0715. The van der Waals surface area contributed by atoms with Crippen LogP contribution >= 0.6 is 0 Å². The number of amides is 1. The molecule has 0 saturated carbocycles. The standard InChI is InChI=1S/C18H26N2O2/c1-14-6-4-5-7-16(14)17(21)20-9-8-18(13-20)12-19(2)10-15(18)11-22-3/h4-7,15H,8-13H2,1-3H3/t15-,18-/m1/s1. The molecule has 0 aliphatic carbocycles. The molecule has 0 N–H and O–H groups in total. The molecule has 0 aromatic heterocycles. The second-order valence-corrected chi connectivity index (χ2v) is 7.00. The average molecular weight is 302 g/mol. The van der Waals surface area contributed by atoms with Gasteiger partial charge < -0.3 is 14.5 Å². The molecule has 1 aromatic rings. The molecule has 4 nitrogen and oxygen atoms in total. The van der Waals surface area contributed by atoms with Crippen LogP contribution in [0.1, 0.15) is 22.3 Å². The quantitative estimate of drug-likeness (QED) is 0.856. The van der Waals surface area contributed by atoms with Crippen molar-refractivity contribution in [2.45, 2.75) is 13.3 Å². The summed E-state index contributed by atoms with van der Waals surface area (Å²) in [5.41, 5.74) is 2.11. The molecule has 1 aromatic carbocycles. The van der Waals surface area contributed by atoms with Gasteiger partial charge in [-0.25, -0.2) is 0 Å². The summed E-state index contributed by atoms with van der Waals surface area (Å²) in [4.78, 5) is 17.3. The van der Waals surface area contributed by atoms with Gasteiger partial charge in [-0.1, -0.05) is 18.2 Å². The third kappa shape index (κ3) is 2.66. The van der Waals surface area contributed by atoms with Crippen molar-refractivity contribution in [3.63, 3.8) is 0 Å². The van der Waals surface area contributed by atoms with E-state index in [0.717, 1.165) is 50.3 Å². The number of hydrogen-bond donors (Lipinski definition) is 0. The smallest absolute Gasteiger partial charge is 0.254 e. The number of benzene rings is 1. The maximum Gasteiger partial charge on any atom is 0.254 e. The zero-order chi connectivity index (χ0) is 15.7. The maximum absolute atomic E-state index is 12.8. The van der Waals surface area contributed by atoms with Gasteiger partial charge in [-0.15, -0.1) is 0 Å². The molecule has 22 heavy (non-hydrogen) atoms. The Morgan fingerprint density at radius 1 is 1.36 bits per heavy atom. The number of ether oxygens (including phenoxy) is 1. The van der Waals surface area contributed by atoms with Crippen LogP contribution in [0.2, 0.25) is 0 Å². The number of aryl methyl sites for hydroxylation is 1. The fourth-order valence-corrected chi connectivity index (χ4v) is 4.25. The Hall–Kier alpha value is -1.39. The van der Waals surface area contributed by atoms with E-state index in [2.05, 4.69) is 11.9 Å². The van der Waals surface area contributed by atoms with Gasteiger partial charge in [0.25, 0.3) is 5.91 Å². The van der Waals surface area contributed by atoms with Crippen LogP contribution in [-0.4, -0.2) is 62.7 Å². The van der Waals surface area contributed by atoms with Crippen LogP contribution < -0.4 is 0 Å². The average Bonchev–Trinajstić information content (AvgIpc) is 3.04. The molecule has 3 rings (SSSR count). The first-order chi connectivity index (χ1) is 10.6. The summed E-state index contributed by atoms with van der Waals surface area (Å²) in [6, 6.07) is 7.88. The highest BCUT2D eigenvalue weighted by Crippen LogP contribution is 2.43. The predicted octanol–water partition coefficient (Wildman–Crippen LogP) is 2.04. The fourth-order valence-electron chi connectivity index (χ4n) is 4.25. The van der Waals surface area contributed by atoms with E-state index in [4.69, 9.17) is 4.74 Å². The zero-order valence-electron chi connectivity index (χ0n) is 13.8. The zero-order valence-corrected chi connectivity index (χ0v) is 13.8. The monoisotopic (exact) mass is 302 g/mol. The van der Waals surface area contributed by atoms with Crippen LogP contribution in [0, 0.1) is 18.3 Å². The SMILES string of the molecule is COC[C@H]1CN(C)C[C@@]12CCN(C(=O)c1ccccc1C)C2. The fraction of sp³-hybridized carbons (Fsp3) is 0.611. The molecular weight excluding hydrogens is 276 g/mol. The second kappa shape index (κ2) is 6.01. The van der Waals surface area contributed by atoms with Crippen molar-refractivity contribution in [3.05, 3.63) is 35.4 Å². The van der Waals surface area contributed by atoms with E-state index in [-0.39, 0.29) is 11.3 Å². The first kappa shape index (κ1) is 15.5. The van der Waals surface area contributed by atoms with E-state index in [0.29, 0.717) is 5.92 Å². The molecule has 2 heterocycles. The van der Waals surface area contributed by atoms with Crippen LogP contribution in [0.25, 0.3) is 0 Å². The van der Waals surface area contributed by atoms with Gasteiger partial charge in [0.2, 0.25) is 0 Å². The molecule has 2 aliphatic rings. The van der Waals surface area contributed by atoms with Gasteiger partial charge >= 0.3 is 0 Å². The summed E-state index contributed by atoms with van der Waals surface area (Å²) in [5, 5.41) is 0. The van der Waals surface area contributed by atoms with Crippen LogP contribution in [0.3, 0.4) is 0 Å². The summed E-state index contributed by atoms with van der Waals surface area (Å²) >= 11 is 0. The molecule has 2 atom stereocenters. The van der Waals surface area contributed by atoms with E-state index < -0.39 is 0 Å². The van der Waals surface area contributed by atoms with Crippen LogP contribution in [-0.2, 0) is 4.74 Å². The van der Waals surface area contributed by atoms with E-state index in [1.165, 1.54) is 0 Å². The largest absolute Gasteiger partial charge is 0.384 e. The Labute approximate surface area is 133 Å². The minimum atomic E-state index is 0.181. The van der Waals surface area contributed by atoms with E-state index >= 15 is 0 Å². The van der Waals surface area contributed by atoms with E-state index in [9.17, 15) is 4.79 Å². The number of hydrogen-bond acceptors (Lipinski definition) is 3. The molecule has 2 aliphatic heterocycles. The van der Waals surface area contributed by atoms with Crippen molar-refractivity contribution in [1.82, 2.24) is 9.80 Å². The molecule has 1 amide bonds. The number of methoxy groups -OCH3 is 1. The number of carbonyl (C=O) groups is 1. The highest BCUT2D eigenvalue weighted by atomic mass is 16.5. The molecule has 0 bridgehead atoms. The highest BCUT2D eigenvalue weighted by Gasteiger charge is 2.50. The van der Waals surface area contributed by atoms with E-state index in [1.807, 2.05) is 36.1 Å². The lowest BCUT2D eigenvalue weighted by Crippen LogP contribution is -2.38. The van der Waals surface area contributed by atoms with E-state index in [1.54, 1.807) is 7.11 Å². The Morgan fingerprint density at radius 2 is 2.14 bits per heavy atom. The van der Waals surface area contributed by atoms with Crippen molar-refractivity contribution in [1.29, 1.82) is 0 Å². The van der Waals surface area contributed by atoms with Gasteiger partial charge in [-0.05, 0) is 32.0 Å². The Bertz CT molecular complexity index is 560. The first-order valence-electron chi connectivity index (χ1n) is 8.08. The Morgan fingerprint density at radius 3 is 2.86 bits per heavy atom. The lowest BCUT2D eigenvalue weighted by atomic mass is 9.77. The Balaban J connectivity index is 1.77. The van der Waals surface area contributed by atoms with Gasteiger partial charge in [0, 0.05) is 50.2 Å². The van der Waals surface area contributed by atoms with Gasteiger partial charge in [0.05, 0.1) is 6.61 Å². The van der Waals surface area contributed by atoms with Crippen molar-refractivity contribution < 1.29 is 9.53 Å². The second-order valence-electron chi connectivity index (χ2n) is 7.00. The van der Waals surface area contributed by atoms with Gasteiger partial charge in [-0.3, -0.25) is 4.79 Å². The van der Waals surface area contributed by atoms with Crippen molar-refractivity contribution in [3.8, 4) is 0 Å². The molecular formula is C18H26N2O2. The summed E-state index contributed by atoms with van der Waals surface area (Å²) in [6.45, 7) is 6.66. The predicted molar refractivity (Wildman–Crippen MR) is 87.0 cm³/mol. The highest BCUT2D eigenvalue weighted by molar-refractivity contribution is 5.95. The van der Waals surface area contributed by atoms with Crippen LogP contribution in [0.4, 0.5) is 0 Å². The minimum Gasteiger partial charge on any atom is -0.384 e. The maximum atomic E-state index is 12.8.